The summed E-state index contributed by atoms with van der Waals surface area (Å²) in [5.41, 5.74) is 2.59. The first-order chi connectivity index (χ1) is 8.26. The number of rotatable bonds is 4. The lowest BCUT2D eigenvalue weighted by molar-refractivity contribution is 0.0545. The van der Waals surface area contributed by atoms with Gasteiger partial charge < -0.3 is 10.1 Å². The average Bonchev–Trinajstić information content (AvgIpc) is 2.73. The van der Waals surface area contributed by atoms with Gasteiger partial charge in [0.05, 0.1) is 5.69 Å². The van der Waals surface area contributed by atoms with E-state index in [1.54, 1.807) is 0 Å². The van der Waals surface area contributed by atoms with Crippen LogP contribution >= 0.6 is 0 Å². The highest BCUT2D eigenvalue weighted by atomic mass is 16.5. The van der Waals surface area contributed by atoms with E-state index in [4.69, 9.17) is 4.74 Å². The minimum Gasteiger partial charge on any atom is -0.381 e. The summed E-state index contributed by atoms with van der Waals surface area (Å²) in [5.74, 6) is 0.670. The fraction of sp³-hybridized carbons (Fsp3) is 0.769. The Morgan fingerprint density at radius 2 is 2.24 bits per heavy atom. The van der Waals surface area contributed by atoms with Crippen molar-refractivity contribution in [3.8, 4) is 0 Å². The van der Waals surface area contributed by atoms with Crippen LogP contribution in [0.5, 0.6) is 0 Å². The van der Waals surface area contributed by atoms with Crippen molar-refractivity contribution in [3.05, 3.63) is 17.5 Å². The molecule has 1 N–H and O–H groups in total. The van der Waals surface area contributed by atoms with Crippen LogP contribution < -0.4 is 5.32 Å². The number of ether oxygens (including phenoxy) is 1. The quantitative estimate of drug-likeness (QED) is 0.866. The topological polar surface area (TPSA) is 39.1 Å². The van der Waals surface area contributed by atoms with E-state index >= 15 is 0 Å². The van der Waals surface area contributed by atoms with Crippen molar-refractivity contribution in [1.82, 2.24) is 15.1 Å². The Morgan fingerprint density at radius 1 is 1.53 bits per heavy atom. The molecule has 0 radical (unpaired) electrons. The molecule has 96 valence electrons. The summed E-state index contributed by atoms with van der Waals surface area (Å²) < 4.78 is 7.37. The van der Waals surface area contributed by atoms with Gasteiger partial charge in [0.25, 0.3) is 0 Å². The molecule has 4 nitrogen and oxygen atoms in total. The Labute approximate surface area is 103 Å². The summed E-state index contributed by atoms with van der Waals surface area (Å²) in [6.07, 6.45) is 5.44. The second-order valence-electron chi connectivity index (χ2n) is 4.77. The summed E-state index contributed by atoms with van der Waals surface area (Å²) in [5, 5.41) is 8.01. The van der Waals surface area contributed by atoms with Gasteiger partial charge in [0.1, 0.15) is 0 Å². The largest absolute Gasteiger partial charge is 0.381 e. The first-order valence-corrected chi connectivity index (χ1v) is 6.53. The van der Waals surface area contributed by atoms with Crippen molar-refractivity contribution in [2.75, 3.05) is 20.3 Å². The Balaban J connectivity index is 2.20. The van der Waals surface area contributed by atoms with Crippen LogP contribution in [0.3, 0.4) is 0 Å². The fourth-order valence-electron chi connectivity index (χ4n) is 2.78. The zero-order valence-corrected chi connectivity index (χ0v) is 11.1. The molecule has 0 saturated carbocycles. The lowest BCUT2D eigenvalue weighted by Crippen LogP contribution is -2.30. The summed E-state index contributed by atoms with van der Waals surface area (Å²) in [6.45, 7) is 3.96. The molecule has 0 amide bonds. The molecular weight excluding hydrogens is 214 g/mol. The molecule has 1 aromatic rings. The van der Waals surface area contributed by atoms with Gasteiger partial charge in [-0.15, -0.1) is 0 Å². The molecule has 0 aromatic carbocycles. The normalized spacial score (nSPS) is 19.5. The van der Waals surface area contributed by atoms with Crippen molar-refractivity contribution in [1.29, 1.82) is 0 Å². The molecule has 0 spiro atoms. The minimum atomic E-state index is 0.419. The van der Waals surface area contributed by atoms with E-state index in [2.05, 4.69) is 23.5 Å². The highest BCUT2D eigenvalue weighted by Gasteiger charge is 2.26. The van der Waals surface area contributed by atoms with Crippen molar-refractivity contribution in [3.63, 3.8) is 0 Å². The average molecular weight is 237 g/mol. The van der Waals surface area contributed by atoms with Gasteiger partial charge in [0, 0.05) is 38.1 Å². The molecular formula is C13H23N3O. The zero-order valence-electron chi connectivity index (χ0n) is 11.1. The minimum absolute atomic E-state index is 0.419. The molecule has 4 heteroatoms. The lowest BCUT2D eigenvalue weighted by Gasteiger charge is -2.30. The molecule has 1 aliphatic rings. The summed E-state index contributed by atoms with van der Waals surface area (Å²) in [4.78, 5) is 0. The van der Waals surface area contributed by atoms with Crippen molar-refractivity contribution in [2.45, 2.75) is 32.2 Å². The highest BCUT2D eigenvalue weighted by molar-refractivity contribution is 5.22. The second-order valence-corrected chi connectivity index (χ2v) is 4.77. The van der Waals surface area contributed by atoms with E-state index in [9.17, 15) is 0 Å². The molecule has 17 heavy (non-hydrogen) atoms. The monoisotopic (exact) mass is 237 g/mol. The number of aryl methyl sites for hydroxylation is 2. The van der Waals surface area contributed by atoms with Crippen molar-refractivity contribution >= 4 is 0 Å². The van der Waals surface area contributed by atoms with Gasteiger partial charge >= 0.3 is 0 Å². The molecule has 0 aliphatic carbocycles. The van der Waals surface area contributed by atoms with Crippen LogP contribution in [-0.2, 0) is 18.2 Å². The van der Waals surface area contributed by atoms with Gasteiger partial charge in [-0.25, -0.2) is 0 Å². The SMILES string of the molecule is CCc1nn(C)cc1C(NC)C1CCOCC1. The van der Waals surface area contributed by atoms with E-state index in [0.717, 1.165) is 32.5 Å². The lowest BCUT2D eigenvalue weighted by atomic mass is 9.87. The summed E-state index contributed by atoms with van der Waals surface area (Å²) in [6, 6.07) is 0.419. The third-order valence-electron chi connectivity index (χ3n) is 3.66. The number of hydrogen-bond donors (Lipinski definition) is 1. The van der Waals surface area contributed by atoms with E-state index in [1.807, 2.05) is 18.8 Å². The van der Waals surface area contributed by atoms with Crippen LogP contribution in [0.2, 0.25) is 0 Å². The Hall–Kier alpha value is -0.870. The molecule has 1 atom stereocenters. The van der Waals surface area contributed by atoms with Crippen LogP contribution in [0.25, 0.3) is 0 Å². The van der Waals surface area contributed by atoms with Gasteiger partial charge in [-0.3, -0.25) is 4.68 Å². The zero-order chi connectivity index (χ0) is 12.3. The van der Waals surface area contributed by atoms with Gasteiger partial charge in [-0.05, 0) is 32.2 Å². The van der Waals surface area contributed by atoms with E-state index in [0.29, 0.717) is 12.0 Å². The van der Waals surface area contributed by atoms with E-state index in [1.165, 1.54) is 11.3 Å². The van der Waals surface area contributed by atoms with Gasteiger partial charge in [-0.2, -0.15) is 5.10 Å². The maximum Gasteiger partial charge on any atom is 0.0669 e. The van der Waals surface area contributed by atoms with Gasteiger partial charge in [0.2, 0.25) is 0 Å². The van der Waals surface area contributed by atoms with Gasteiger partial charge in [-0.1, -0.05) is 6.92 Å². The number of aromatic nitrogens is 2. The van der Waals surface area contributed by atoms with Crippen LogP contribution in [0, 0.1) is 5.92 Å². The molecule has 1 aromatic heterocycles. The number of nitrogens with zero attached hydrogens (tertiary/aromatic N) is 2. The maximum absolute atomic E-state index is 5.44. The third kappa shape index (κ3) is 2.69. The molecule has 2 heterocycles. The molecule has 1 unspecified atom stereocenters. The highest BCUT2D eigenvalue weighted by Crippen LogP contribution is 2.31. The first kappa shape index (κ1) is 12.6. The van der Waals surface area contributed by atoms with Gasteiger partial charge in [0.15, 0.2) is 0 Å². The van der Waals surface area contributed by atoms with Crippen LogP contribution in [0.1, 0.15) is 37.1 Å². The first-order valence-electron chi connectivity index (χ1n) is 6.53. The predicted molar refractivity (Wildman–Crippen MR) is 67.9 cm³/mol. The van der Waals surface area contributed by atoms with Crippen molar-refractivity contribution in [2.24, 2.45) is 13.0 Å². The van der Waals surface area contributed by atoms with Crippen molar-refractivity contribution < 1.29 is 4.74 Å². The second kappa shape index (κ2) is 5.65. The molecule has 1 fully saturated rings. The van der Waals surface area contributed by atoms with E-state index < -0.39 is 0 Å². The summed E-state index contributed by atoms with van der Waals surface area (Å²) in [7, 11) is 4.05. The van der Waals surface area contributed by atoms with Crippen LogP contribution in [-0.4, -0.2) is 30.0 Å². The number of hydrogen-bond acceptors (Lipinski definition) is 3. The molecule has 0 bridgehead atoms. The van der Waals surface area contributed by atoms with E-state index in [-0.39, 0.29) is 0 Å². The predicted octanol–water partition coefficient (Wildman–Crippen LogP) is 1.67. The third-order valence-corrected chi connectivity index (χ3v) is 3.66. The maximum atomic E-state index is 5.44. The molecule has 1 saturated heterocycles. The van der Waals surface area contributed by atoms with Crippen LogP contribution in [0.15, 0.2) is 6.20 Å². The Kier molecular flexibility index (Phi) is 4.18. The molecule has 1 aliphatic heterocycles. The van der Waals surface area contributed by atoms with Crippen LogP contribution in [0.4, 0.5) is 0 Å². The smallest absolute Gasteiger partial charge is 0.0669 e. The Morgan fingerprint density at radius 3 is 2.82 bits per heavy atom. The standard InChI is InChI=1S/C13H23N3O/c1-4-12-11(9-16(3)15-12)13(14-2)10-5-7-17-8-6-10/h9-10,13-14H,4-8H2,1-3H3. The summed E-state index contributed by atoms with van der Waals surface area (Å²) >= 11 is 0. The molecule has 2 rings (SSSR count). The Bertz CT molecular complexity index is 356. The fourth-order valence-corrected chi connectivity index (χ4v) is 2.78. The number of nitrogens with one attached hydrogen (secondary N) is 1.